The van der Waals surface area contributed by atoms with Gasteiger partial charge in [-0.25, -0.2) is 0 Å². The highest BCUT2D eigenvalue weighted by atomic mass is 127. The van der Waals surface area contributed by atoms with Crippen LogP contribution in [-0.4, -0.2) is 33.3 Å². The molecule has 0 aliphatic heterocycles. The number of benzene rings is 1. The molecular weight excluding hydrogens is 461 g/mol. The van der Waals surface area contributed by atoms with Crippen LogP contribution in [0.4, 0.5) is 0 Å². The molecular formula is C19H28IN3O2S. The molecule has 2 rings (SSSR count). The highest BCUT2D eigenvalue weighted by Gasteiger charge is 2.06. The maximum atomic E-state index is 5.83. The predicted molar refractivity (Wildman–Crippen MR) is 120 cm³/mol. The van der Waals surface area contributed by atoms with Gasteiger partial charge in [0.2, 0.25) is 0 Å². The molecule has 0 unspecified atom stereocenters. The first kappa shape index (κ1) is 22.7. The minimum atomic E-state index is 0. The number of aliphatic imine (C=N–C) groups is 1. The molecule has 2 aromatic rings. The van der Waals surface area contributed by atoms with Crippen molar-refractivity contribution in [3.8, 4) is 5.75 Å². The highest BCUT2D eigenvalue weighted by Crippen LogP contribution is 2.20. The first-order valence-electron chi connectivity index (χ1n) is 8.33. The quantitative estimate of drug-likeness (QED) is 0.256. The molecule has 2 N–H and O–H groups in total. The molecule has 5 nitrogen and oxygen atoms in total. The lowest BCUT2D eigenvalue weighted by Gasteiger charge is -2.15. The molecule has 0 atom stereocenters. The van der Waals surface area contributed by atoms with Crippen LogP contribution in [0.25, 0.3) is 0 Å². The number of methoxy groups -OCH3 is 1. The lowest BCUT2D eigenvalue weighted by Crippen LogP contribution is -2.36. The number of rotatable bonds is 8. The van der Waals surface area contributed by atoms with Crippen LogP contribution in [0.2, 0.25) is 0 Å². The lowest BCUT2D eigenvalue weighted by atomic mass is 10.1. The molecule has 0 radical (unpaired) electrons. The van der Waals surface area contributed by atoms with Gasteiger partial charge in [0.05, 0.1) is 13.2 Å². The van der Waals surface area contributed by atoms with E-state index in [-0.39, 0.29) is 24.0 Å². The highest BCUT2D eigenvalue weighted by molar-refractivity contribution is 14.0. The molecule has 0 fully saturated rings. The summed E-state index contributed by atoms with van der Waals surface area (Å²) in [6, 6.07) is 10.5. The Labute approximate surface area is 177 Å². The van der Waals surface area contributed by atoms with E-state index in [9.17, 15) is 0 Å². The maximum absolute atomic E-state index is 5.83. The zero-order valence-corrected chi connectivity index (χ0v) is 18.9. The van der Waals surface area contributed by atoms with Gasteiger partial charge < -0.3 is 20.1 Å². The summed E-state index contributed by atoms with van der Waals surface area (Å²) in [5, 5.41) is 6.69. The Bertz CT molecular complexity index is 704. The van der Waals surface area contributed by atoms with Crippen molar-refractivity contribution in [1.29, 1.82) is 0 Å². The number of thiophene rings is 1. The van der Waals surface area contributed by atoms with Crippen molar-refractivity contribution in [2.75, 3.05) is 27.4 Å². The van der Waals surface area contributed by atoms with E-state index in [1.807, 2.05) is 0 Å². The van der Waals surface area contributed by atoms with Gasteiger partial charge in [0.1, 0.15) is 12.4 Å². The van der Waals surface area contributed by atoms with Crippen LogP contribution in [-0.2, 0) is 17.8 Å². The summed E-state index contributed by atoms with van der Waals surface area (Å²) in [5.41, 5.74) is 2.27. The summed E-state index contributed by atoms with van der Waals surface area (Å²) in [5.74, 6) is 1.66. The third-order valence-corrected chi connectivity index (χ3v) is 4.66. The average molecular weight is 489 g/mol. The number of hydrogen-bond acceptors (Lipinski definition) is 4. The third kappa shape index (κ3) is 7.51. The molecule has 1 heterocycles. The van der Waals surface area contributed by atoms with Crippen LogP contribution >= 0.6 is 35.3 Å². The molecule has 0 spiro atoms. The maximum Gasteiger partial charge on any atom is 0.191 e. The molecule has 7 heteroatoms. The van der Waals surface area contributed by atoms with Crippen LogP contribution in [0.5, 0.6) is 5.75 Å². The minimum Gasteiger partial charge on any atom is -0.491 e. The molecule has 0 bridgehead atoms. The van der Waals surface area contributed by atoms with Gasteiger partial charge in [0, 0.05) is 36.0 Å². The van der Waals surface area contributed by atoms with Crippen molar-refractivity contribution in [3.05, 3.63) is 51.2 Å². The summed E-state index contributed by atoms with van der Waals surface area (Å²) in [4.78, 5) is 6.89. The molecule has 0 saturated heterocycles. The number of hydrogen-bond donors (Lipinski definition) is 2. The Hall–Kier alpha value is -1.32. The first-order chi connectivity index (χ1) is 12.1. The predicted octanol–water partition coefficient (Wildman–Crippen LogP) is 3.87. The van der Waals surface area contributed by atoms with Gasteiger partial charge in [-0.1, -0.05) is 12.1 Å². The summed E-state index contributed by atoms with van der Waals surface area (Å²) >= 11 is 1.79. The largest absolute Gasteiger partial charge is 0.491 e. The van der Waals surface area contributed by atoms with E-state index in [2.05, 4.69) is 59.8 Å². The van der Waals surface area contributed by atoms with Gasteiger partial charge >= 0.3 is 0 Å². The topological polar surface area (TPSA) is 54.9 Å². The van der Waals surface area contributed by atoms with E-state index >= 15 is 0 Å². The van der Waals surface area contributed by atoms with Crippen molar-refractivity contribution in [1.82, 2.24) is 10.6 Å². The number of ether oxygens (including phenoxy) is 2. The van der Waals surface area contributed by atoms with E-state index in [1.165, 1.54) is 15.3 Å². The van der Waals surface area contributed by atoms with E-state index < -0.39 is 0 Å². The fourth-order valence-corrected chi connectivity index (χ4v) is 3.16. The third-order valence-electron chi connectivity index (χ3n) is 3.66. The van der Waals surface area contributed by atoms with E-state index in [0.29, 0.717) is 19.8 Å². The first-order valence-corrected chi connectivity index (χ1v) is 9.15. The van der Waals surface area contributed by atoms with Crippen molar-refractivity contribution >= 4 is 41.3 Å². The second-order valence-corrected chi connectivity index (χ2v) is 7.12. The fourth-order valence-electron chi connectivity index (χ4n) is 2.33. The molecule has 0 saturated carbocycles. The van der Waals surface area contributed by atoms with Crippen molar-refractivity contribution < 1.29 is 9.47 Å². The van der Waals surface area contributed by atoms with Gasteiger partial charge in [-0.05, 0) is 37.6 Å². The molecule has 1 aromatic carbocycles. The zero-order valence-electron chi connectivity index (χ0n) is 15.8. The Morgan fingerprint density at radius 1 is 1.08 bits per heavy atom. The molecule has 0 amide bonds. The molecule has 0 aliphatic carbocycles. The summed E-state index contributed by atoms with van der Waals surface area (Å²) in [7, 11) is 3.45. The number of nitrogens with one attached hydrogen (secondary N) is 2. The van der Waals surface area contributed by atoms with E-state index in [4.69, 9.17) is 9.47 Å². The second-order valence-electron chi connectivity index (χ2n) is 5.74. The molecule has 1 aromatic heterocycles. The number of halogens is 1. The van der Waals surface area contributed by atoms with Gasteiger partial charge in [-0.15, -0.1) is 35.3 Å². The molecule has 26 heavy (non-hydrogen) atoms. The average Bonchev–Trinajstić information content (AvgIpc) is 3.02. The summed E-state index contributed by atoms with van der Waals surface area (Å²) in [6.45, 7) is 6.70. The normalized spacial score (nSPS) is 11.0. The monoisotopic (exact) mass is 489 g/mol. The van der Waals surface area contributed by atoms with Crippen LogP contribution in [0.15, 0.2) is 35.3 Å². The van der Waals surface area contributed by atoms with Gasteiger partial charge in [-0.3, -0.25) is 4.99 Å². The van der Waals surface area contributed by atoms with Gasteiger partial charge in [-0.2, -0.15) is 0 Å². The van der Waals surface area contributed by atoms with Crippen molar-refractivity contribution in [3.63, 3.8) is 0 Å². The van der Waals surface area contributed by atoms with Crippen molar-refractivity contribution in [2.24, 2.45) is 4.99 Å². The van der Waals surface area contributed by atoms with Gasteiger partial charge in [0.15, 0.2) is 5.96 Å². The SMILES string of the molecule is CN=C(NCc1ccc(C)s1)NCc1ccc(C)cc1OCCOC.I. The van der Waals surface area contributed by atoms with Crippen molar-refractivity contribution in [2.45, 2.75) is 26.9 Å². The second kappa shape index (κ2) is 12.1. The van der Waals surface area contributed by atoms with Crippen LogP contribution < -0.4 is 15.4 Å². The van der Waals surface area contributed by atoms with Gasteiger partial charge in [0.25, 0.3) is 0 Å². The van der Waals surface area contributed by atoms with E-state index in [1.54, 1.807) is 25.5 Å². The van der Waals surface area contributed by atoms with Crippen LogP contribution in [0.3, 0.4) is 0 Å². The number of guanidine groups is 1. The lowest BCUT2D eigenvalue weighted by molar-refractivity contribution is 0.145. The standard InChI is InChI=1S/C19H27N3O2S.HI/c1-14-5-7-16(18(11-14)24-10-9-23-4)12-21-19(20-3)22-13-17-8-6-15(2)25-17;/h5-8,11H,9-10,12-13H2,1-4H3,(H2,20,21,22);1H. The smallest absolute Gasteiger partial charge is 0.191 e. The minimum absolute atomic E-state index is 0. The molecule has 144 valence electrons. The van der Waals surface area contributed by atoms with E-state index in [0.717, 1.165) is 23.8 Å². The Kier molecular flexibility index (Phi) is 10.6. The van der Waals surface area contributed by atoms with Crippen LogP contribution in [0.1, 0.15) is 20.9 Å². The molecule has 0 aliphatic rings. The number of nitrogens with zero attached hydrogens (tertiary/aromatic N) is 1. The zero-order chi connectivity index (χ0) is 18.1. The van der Waals surface area contributed by atoms with Crippen LogP contribution in [0, 0.1) is 13.8 Å². The Balaban J connectivity index is 0.00000338. The Morgan fingerprint density at radius 3 is 2.50 bits per heavy atom. The summed E-state index contributed by atoms with van der Waals surface area (Å²) in [6.07, 6.45) is 0. The number of aryl methyl sites for hydroxylation is 2. The Morgan fingerprint density at radius 2 is 1.85 bits per heavy atom. The fraction of sp³-hybridized carbons (Fsp3) is 0.421. The summed E-state index contributed by atoms with van der Waals surface area (Å²) < 4.78 is 10.9.